The van der Waals surface area contributed by atoms with Crippen molar-refractivity contribution < 1.29 is 19.0 Å². The van der Waals surface area contributed by atoms with Crippen LogP contribution in [-0.4, -0.2) is 32.1 Å². The lowest BCUT2D eigenvalue weighted by Gasteiger charge is -2.28. The van der Waals surface area contributed by atoms with E-state index >= 15 is 0 Å². The first kappa shape index (κ1) is 14.5. The first-order chi connectivity index (χ1) is 10.5. The molecule has 0 amide bonds. The van der Waals surface area contributed by atoms with E-state index < -0.39 is 5.78 Å². The second kappa shape index (κ2) is 5.42. The van der Waals surface area contributed by atoms with E-state index in [-0.39, 0.29) is 22.4 Å². The predicted molar refractivity (Wildman–Crippen MR) is 79.6 cm³/mol. The maximum Gasteiger partial charge on any atom is 0.328 e. The van der Waals surface area contributed by atoms with E-state index in [2.05, 4.69) is 4.90 Å². The molecule has 7 heteroatoms. The Kier molecular flexibility index (Phi) is 3.58. The van der Waals surface area contributed by atoms with Gasteiger partial charge >= 0.3 is 5.69 Å². The van der Waals surface area contributed by atoms with Crippen LogP contribution >= 0.6 is 0 Å². The van der Waals surface area contributed by atoms with Gasteiger partial charge in [-0.1, -0.05) is 0 Å². The fraction of sp³-hybridized carbons (Fsp3) is 0.400. The number of carbonyl (C=O) groups is 1. The quantitative estimate of drug-likeness (QED) is 0.457. The minimum atomic E-state index is -0.421. The summed E-state index contributed by atoms with van der Waals surface area (Å²) in [5.74, 6) is -0.421. The van der Waals surface area contributed by atoms with Gasteiger partial charge in [0.1, 0.15) is 0 Å². The molecule has 2 aromatic rings. The van der Waals surface area contributed by atoms with E-state index in [0.29, 0.717) is 22.7 Å². The Morgan fingerprint density at radius 2 is 1.86 bits per heavy atom. The van der Waals surface area contributed by atoms with Crippen molar-refractivity contribution in [3.8, 4) is 0 Å². The first-order valence-corrected chi connectivity index (χ1v) is 7.14. The van der Waals surface area contributed by atoms with Crippen molar-refractivity contribution >= 4 is 22.5 Å². The molecule has 0 aliphatic carbocycles. The van der Waals surface area contributed by atoms with Gasteiger partial charge in [-0.05, 0) is 6.07 Å². The Labute approximate surface area is 127 Å². The third-order valence-electron chi connectivity index (χ3n) is 3.96. The van der Waals surface area contributed by atoms with Crippen molar-refractivity contribution in [2.75, 3.05) is 31.2 Å². The Morgan fingerprint density at radius 1 is 1.18 bits per heavy atom. The third kappa shape index (κ3) is 2.23. The number of hydrogen-bond acceptors (Lipinski definition) is 5. The summed E-state index contributed by atoms with van der Waals surface area (Å²) < 4.78 is 6.51. The fourth-order valence-corrected chi connectivity index (χ4v) is 2.81. The fourth-order valence-electron chi connectivity index (χ4n) is 2.81. The van der Waals surface area contributed by atoms with Crippen molar-refractivity contribution in [3.63, 3.8) is 0 Å². The Hall–Kier alpha value is -2.41. The van der Waals surface area contributed by atoms with Crippen LogP contribution in [0.4, 0.5) is 5.69 Å². The lowest BCUT2D eigenvalue weighted by Crippen LogP contribution is -2.46. The van der Waals surface area contributed by atoms with E-state index in [1.165, 1.54) is 13.8 Å². The van der Waals surface area contributed by atoms with Gasteiger partial charge in [-0.15, -0.1) is 0 Å². The average molecular weight is 303 g/mol. The highest BCUT2D eigenvalue weighted by atomic mass is 16.5. The number of hydrogen-bond donors (Lipinski definition) is 0. The van der Waals surface area contributed by atoms with Crippen molar-refractivity contribution in [3.05, 3.63) is 40.0 Å². The van der Waals surface area contributed by atoms with Crippen molar-refractivity contribution in [1.29, 1.82) is 0 Å². The normalized spacial score (nSPS) is 15.3. The number of nitrogens with zero attached hydrogens (tertiary/aromatic N) is 3. The summed E-state index contributed by atoms with van der Waals surface area (Å²) >= 11 is 0. The van der Waals surface area contributed by atoms with E-state index in [1.807, 2.05) is 6.07 Å². The molecule has 0 radical (unpaired) electrons. The van der Waals surface area contributed by atoms with Gasteiger partial charge in [0.25, 0.3) is 16.7 Å². The molecule has 2 heterocycles. The largest absolute Gasteiger partial charge is 0.618 e. The minimum absolute atomic E-state index is 0.110. The number of carbonyl (C=O) groups excluding carboxylic acids is 1. The molecule has 22 heavy (non-hydrogen) atoms. The van der Waals surface area contributed by atoms with E-state index in [4.69, 9.17) is 4.74 Å². The van der Waals surface area contributed by atoms with Crippen LogP contribution < -0.4 is 14.4 Å². The van der Waals surface area contributed by atoms with Crippen LogP contribution in [0, 0.1) is 17.3 Å². The van der Waals surface area contributed by atoms with Crippen LogP contribution in [0.1, 0.15) is 23.1 Å². The molecule has 1 aliphatic heterocycles. The van der Waals surface area contributed by atoms with Crippen LogP contribution in [0.25, 0.3) is 11.0 Å². The first-order valence-electron chi connectivity index (χ1n) is 7.14. The summed E-state index contributed by atoms with van der Waals surface area (Å²) in [6.07, 6.45) is 0. The highest BCUT2D eigenvalue weighted by molar-refractivity contribution is 5.92. The number of fused-ring (bicyclic) bond motifs is 1. The molecule has 0 atom stereocenters. The van der Waals surface area contributed by atoms with Crippen LogP contribution in [0.5, 0.6) is 0 Å². The molecule has 1 aromatic heterocycles. The van der Waals surface area contributed by atoms with Crippen molar-refractivity contribution in [2.45, 2.75) is 13.8 Å². The van der Waals surface area contributed by atoms with Crippen LogP contribution in [0.2, 0.25) is 0 Å². The number of ether oxygens (including phenoxy) is 1. The number of benzene rings is 1. The molecule has 1 aliphatic rings. The number of rotatable bonds is 2. The van der Waals surface area contributed by atoms with Gasteiger partial charge < -0.3 is 20.1 Å². The smallest absolute Gasteiger partial charge is 0.328 e. The van der Waals surface area contributed by atoms with Gasteiger partial charge in [-0.25, -0.2) is 0 Å². The van der Waals surface area contributed by atoms with Crippen LogP contribution in [0.15, 0.2) is 18.2 Å². The van der Waals surface area contributed by atoms with Gasteiger partial charge in [0.15, 0.2) is 0 Å². The third-order valence-corrected chi connectivity index (χ3v) is 3.96. The maximum atomic E-state index is 12.5. The minimum Gasteiger partial charge on any atom is -0.618 e. The zero-order chi connectivity index (χ0) is 15.9. The van der Waals surface area contributed by atoms with Crippen LogP contribution in [0.3, 0.4) is 0 Å². The predicted octanol–water partition coefficient (Wildman–Crippen LogP) is 0.454. The molecule has 3 rings (SSSR count). The van der Waals surface area contributed by atoms with Crippen molar-refractivity contribution in [1.82, 2.24) is 0 Å². The number of anilines is 1. The number of aromatic nitrogens is 2. The lowest BCUT2D eigenvalue weighted by molar-refractivity contribution is -0.635. The average Bonchev–Trinajstić information content (AvgIpc) is 2.53. The molecular weight excluding hydrogens is 286 g/mol. The molecule has 1 aromatic carbocycles. The number of Topliss-reactive ketones (excluding diaryl/α,β-unsaturated/α-hetero) is 1. The molecule has 1 saturated heterocycles. The second-order valence-electron chi connectivity index (χ2n) is 5.35. The molecule has 7 nitrogen and oxygen atoms in total. The highest BCUT2D eigenvalue weighted by Crippen LogP contribution is 2.20. The zero-order valence-electron chi connectivity index (χ0n) is 12.5. The van der Waals surface area contributed by atoms with E-state index in [1.54, 1.807) is 12.1 Å². The zero-order valence-corrected chi connectivity index (χ0v) is 12.5. The molecular formula is C15H17N3O4. The summed E-state index contributed by atoms with van der Waals surface area (Å²) in [6.45, 7) is 5.48. The van der Waals surface area contributed by atoms with Gasteiger partial charge in [0.2, 0.25) is 5.78 Å². The molecule has 0 saturated carbocycles. The molecule has 116 valence electrons. The van der Waals surface area contributed by atoms with Gasteiger partial charge in [0.05, 0.1) is 13.2 Å². The standard InChI is InChI=1S/C15H17N3O4/c1-10-15(11(2)19)18(21)14-9-12(3-4-13(14)17(10)20)16-5-7-22-8-6-16/h3-4,9H,5-8H2,1-2H3. The van der Waals surface area contributed by atoms with Gasteiger partial charge in [-0.2, -0.15) is 9.46 Å². The summed E-state index contributed by atoms with van der Waals surface area (Å²) in [7, 11) is 0. The van der Waals surface area contributed by atoms with Crippen LogP contribution in [-0.2, 0) is 4.74 Å². The Bertz CT molecular complexity index is 754. The SMILES string of the molecule is CC(=O)c1c(C)[n+]([O-])c2ccc(N3CCOCC3)cc2[n+]1[O-]. The number of morpholine rings is 1. The van der Waals surface area contributed by atoms with Gasteiger partial charge in [0, 0.05) is 44.8 Å². The lowest BCUT2D eigenvalue weighted by atomic mass is 10.2. The van der Waals surface area contributed by atoms with Gasteiger partial charge in [-0.3, -0.25) is 4.79 Å². The summed E-state index contributed by atoms with van der Waals surface area (Å²) in [4.78, 5) is 13.8. The molecule has 1 fully saturated rings. The number of ketones is 1. The summed E-state index contributed by atoms with van der Waals surface area (Å²) in [6, 6.07) is 5.10. The van der Waals surface area contributed by atoms with Crippen molar-refractivity contribution in [2.24, 2.45) is 0 Å². The Morgan fingerprint density at radius 3 is 2.50 bits per heavy atom. The maximum absolute atomic E-state index is 12.5. The molecule has 0 bridgehead atoms. The topological polar surface area (TPSA) is 83.4 Å². The second-order valence-corrected chi connectivity index (χ2v) is 5.35. The highest BCUT2D eigenvalue weighted by Gasteiger charge is 2.28. The molecule has 0 N–H and O–H groups in total. The molecule has 0 unspecified atom stereocenters. The van der Waals surface area contributed by atoms with E-state index in [0.717, 1.165) is 18.8 Å². The summed E-state index contributed by atoms with van der Waals surface area (Å²) in [5, 5.41) is 24.8. The van der Waals surface area contributed by atoms with E-state index in [9.17, 15) is 15.2 Å². The monoisotopic (exact) mass is 303 g/mol. The summed E-state index contributed by atoms with van der Waals surface area (Å²) in [5.41, 5.74) is 1.32. The molecule has 0 spiro atoms. The Balaban J connectivity index is 2.20.